The smallest absolute Gasteiger partial charge is 0.195 e. The topological polar surface area (TPSA) is 34.1 Å². The molecule has 0 spiro atoms. The van der Waals surface area contributed by atoms with Gasteiger partial charge in [-0.15, -0.1) is 3.89 Å². The summed E-state index contributed by atoms with van der Waals surface area (Å²) in [6, 6.07) is 0. The second-order valence-electron chi connectivity index (χ2n) is 4.27. The summed E-state index contributed by atoms with van der Waals surface area (Å²) in [6.45, 7) is 4.13. The van der Waals surface area contributed by atoms with Crippen LogP contribution >= 0.6 is 0 Å². The van der Waals surface area contributed by atoms with E-state index in [-0.39, 0.29) is 0 Å². The predicted molar refractivity (Wildman–Crippen MR) is 50.6 cm³/mol. The fourth-order valence-electron chi connectivity index (χ4n) is 2.04. The van der Waals surface area contributed by atoms with Crippen molar-refractivity contribution in [2.75, 3.05) is 0 Å². The van der Waals surface area contributed by atoms with Gasteiger partial charge in [0, 0.05) is 0 Å². The quantitative estimate of drug-likeness (QED) is 0.653. The summed E-state index contributed by atoms with van der Waals surface area (Å²) >= 11 is 0. The number of hydrogen-bond acceptors (Lipinski definition) is 2. The molecule has 13 heavy (non-hydrogen) atoms. The van der Waals surface area contributed by atoms with Gasteiger partial charge in [0.15, 0.2) is 0 Å². The molecule has 1 aliphatic rings. The van der Waals surface area contributed by atoms with Gasteiger partial charge in [0.2, 0.25) is 0 Å². The summed E-state index contributed by atoms with van der Waals surface area (Å²) < 4.78 is 34.1. The van der Waals surface area contributed by atoms with E-state index in [9.17, 15) is 12.3 Å². The van der Waals surface area contributed by atoms with Crippen LogP contribution in [0.25, 0.3) is 0 Å². The summed E-state index contributed by atoms with van der Waals surface area (Å²) in [5.41, 5.74) is 0. The largest absolute Gasteiger partial charge is 0.305 e. The maximum Gasteiger partial charge on any atom is 0.305 e. The fraction of sp³-hybridized carbons (Fsp3) is 1.00. The van der Waals surface area contributed by atoms with Crippen LogP contribution in [0.3, 0.4) is 0 Å². The van der Waals surface area contributed by atoms with Crippen LogP contribution in [0.5, 0.6) is 0 Å². The Kier molecular flexibility index (Phi) is 3.33. The van der Waals surface area contributed by atoms with E-state index in [4.69, 9.17) is 0 Å². The highest BCUT2D eigenvalue weighted by atomic mass is 32.3. The first-order valence-electron chi connectivity index (χ1n) is 4.84. The minimum Gasteiger partial charge on any atom is -0.195 e. The molecule has 1 aliphatic carbocycles. The molecular weight excluding hydrogens is 191 g/mol. The molecule has 4 heteroatoms. The van der Waals surface area contributed by atoms with Crippen LogP contribution in [0.1, 0.15) is 39.5 Å². The molecular formula is C9H17FO2S. The molecule has 78 valence electrons. The first kappa shape index (κ1) is 11.0. The zero-order valence-electron chi connectivity index (χ0n) is 8.16. The van der Waals surface area contributed by atoms with Crippen molar-refractivity contribution in [1.29, 1.82) is 0 Å². The van der Waals surface area contributed by atoms with E-state index >= 15 is 0 Å². The molecule has 0 aliphatic heterocycles. The van der Waals surface area contributed by atoms with Crippen molar-refractivity contribution in [3.63, 3.8) is 0 Å². The summed E-state index contributed by atoms with van der Waals surface area (Å²) in [7, 11) is -4.29. The Morgan fingerprint density at radius 2 is 1.92 bits per heavy atom. The molecule has 0 heterocycles. The molecule has 1 rings (SSSR count). The van der Waals surface area contributed by atoms with Gasteiger partial charge in [0.05, 0.1) is 5.25 Å². The van der Waals surface area contributed by atoms with Crippen molar-refractivity contribution in [1.82, 2.24) is 0 Å². The van der Waals surface area contributed by atoms with Gasteiger partial charge in [-0.05, 0) is 24.7 Å². The van der Waals surface area contributed by atoms with Crippen molar-refractivity contribution in [2.45, 2.75) is 44.8 Å². The molecule has 1 saturated carbocycles. The Balaban J connectivity index is 2.62. The van der Waals surface area contributed by atoms with E-state index in [0.29, 0.717) is 24.7 Å². The van der Waals surface area contributed by atoms with Gasteiger partial charge in [-0.3, -0.25) is 0 Å². The number of halogens is 1. The second-order valence-corrected chi connectivity index (χ2v) is 5.89. The molecule has 2 atom stereocenters. The molecule has 0 N–H and O–H groups in total. The minimum absolute atomic E-state index is 0.379. The third-order valence-electron chi connectivity index (χ3n) is 3.01. The van der Waals surface area contributed by atoms with E-state index in [1.807, 2.05) is 0 Å². The van der Waals surface area contributed by atoms with E-state index < -0.39 is 15.5 Å². The zero-order chi connectivity index (χ0) is 10.1. The molecule has 2 unspecified atom stereocenters. The van der Waals surface area contributed by atoms with E-state index in [2.05, 4.69) is 13.8 Å². The number of hydrogen-bond donors (Lipinski definition) is 0. The summed E-state index contributed by atoms with van der Waals surface area (Å²) in [4.78, 5) is 0. The van der Waals surface area contributed by atoms with Crippen molar-refractivity contribution in [3.8, 4) is 0 Å². The fourth-order valence-corrected chi connectivity index (χ4v) is 2.97. The SMILES string of the molecule is CC(C)C1CCCC(S(=O)(=O)F)C1. The van der Waals surface area contributed by atoms with Gasteiger partial charge in [-0.25, -0.2) is 0 Å². The molecule has 0 aromatic rings. The maximum atomic E-state index is 12.7. The molecule has 0 aromatic carbocycles. The van der Waals surface area contributed by atoms with Crippen molar-refractivity contribution >= 4 is 10.2 Å². The van der Waals surface area contributed by atoms with Gasteiger partial charge < -0.3 is 0 Å². The minimum atomic E-state index is -4.29. The van der Waals surface area contributed by atoms with Crippen molar-refractivity contribution in [2.24, 2.45) is 11.8 Å². The Bertz CT molecular complexity index is 259. The third-order valence-corrected chi connectivity index (χ3v) is 4.23. The van der Waals surface area contributed by atoms with Gasteiger partial charge in [0.1, 0.15) is 0 Å². The van der Waals surface area contributed by atoms with Gasteiger partial charge in [-0.2, -0.15) is 8.42 Å². The van der Waals surface area contributed by atoms with Crippen LogP contribution in [0, 0.1) is 11.8 Å². The van der Waals surface area contributed by atoms with Gasteiger partial charge >= 0.3 is 10.2 Å². The van der Waals surface area contributed by atoms with Crippen LogP contribution in [0.4, 0.5) is 3.89 Å². The average molecular weight is 208 g/mol. The van der Waals surface area contributed by atoms with Crippen LogP contribution in [-0.4, -0.2) is 13.7 Å². The summed E-state index contributed by atoms with van der Waals surface area (Å²) in [6.07, 6.45) is 2.90. The van der Waals surface area contributed by atoms with Crippen LogP contribution in [0.15, 0.2) is 0 Å². The lowest BCUT2D eigenvalue weighted by molar-refractivity contribution is 0.277. The standard InChI is InChI=1S/C9H17FO2S/c1-7(2)8-4-3-5-9(6-8)13(10,11)12/h7-9H,3-6H2,1-2H3. The van der Waals surface area contributed by atoms with E-state index in [1.54, 1.807) is 0 Å². The Morgan fingerprint density at radius 3 is 2.38 bits per heavy atom. The van der Waals surface area contributed by atoms with Gasteiger partial charge in [0.25, 0.3) is 0 Å². The molecule has 0 radical (unpaired) electrons. The Labute approximate surface area is 79.7 Å². The Morgan fingerprint density at radius 1 is 1.31 bits per heavy atom. The first-order valence-corrected chi connectivity index (χ1v) is 6.29. The first-order chi connectivity index (χ1) is 5.91. The maximum absolute atomic E-state index is 12.7. The molecule has 0 bridgehead atoms. The van der Waals surface area contributed by atoms with Crippen molar-refractivity contribution in [3.05, 3.63) is 0 Å². The zero-order valence-corrected chi connectivity index (χ0v) is 8.98. The van der Waals surface area contributed by atoms with E-state index in [1.165, 1.54) is 0 Å². The van der Waals surface area contributed by atoms with Crippen LogP contribution in [-0.2, 0) is 10.2 Å². The van der Waals surface area contributed by atoms with Gasteiger partial charge in [-0.1, -0.05) is 26.7 Å². The third kappa shape index (κ3) is 2.93. The highest BCUT2D eigenvalue weighted by Gasteiger charge is 2.32. The molecule has 0 amide bonds. The lowest BCUT2D eigenvalue weighted by Crippen LogP contribution is -2.27. The molecule has 0 saturated heterocycles. The van der Waals surface area contributed by atoms with Crippen molar-refractivity contribution < 1.29 is 12.3 Å². The normalized spacial score (nSPS) is 30.8. The van der Waals surface area contributed by atoms with Crippen LogP contribution in [0.2, 0.25) is 0 Å². The highest BCUT2D eigenvalue weighted by Crippen LogP contribution is 2.33. The molecule has 1 fully saturated rings. The van der Waals surface area contributed by atoms with Crippen LogP contribution < -0.4 is 0 Å². The second kappa shape index (κ2) is 3.95. The summed E-state index contributed by atoms with van der Waals surface area (Å²) in [5, 5.41) is -0.728. The number of rotatable bonds is 2. The lowest BCUT2D eigenvalue weighted by Gasteiger charge is -2.29. The summed E-state index contributed by atoms with van der Waals surface area (Å²) in [5.74, 6) is 0.842. The highest BCUT2D eigenvalue weighted by molar-refractivity contribution is 7.87. The molecule has 2 nitrogen and oxygen atoms in total. The van der Waals surface area contributed by atoms with E-state index in [0.717, 1.165) is 12.8 Å². The monoisotopic (exact) mass is 208 g/mol. The molecule has 0 aromatic heterocycles. The average Bonchev–Trinajstić information content (AvgIpc) is 2.03. The predicted octanol–water partition coefficient (Wildman–Crippen LogP) is 2.50. The Hall–Kier alpha value is -0.120. The lowest BCUT2D eigenvalue weighted by atomic mass is 9.81.